The number of epoxide rings is 1. The summed E-state index contributed by atoms with van der Waals surface area (Å²) < 4.78 is 10.8. The Labute approximate surface area is 87.6 Å². The van der Waals surface area contributed by atoms with Crippen LogP contribution in [-0.4, -0.2) is 24.3 Å². The minimum absolute atomic E-state index is 0.294. The average molecular weight is 201 g/mol. The van der Waals surface area contributed by atoms with E-state index in [1.165, 1.54) is 0 Å². The minimum atomic E-state index is 0.294. The summed E-state index contributed by atoms with van der Waals surface area (Å²) in [6.07, 6.45) is 3.92. The monoisotopic (exact) mass is 201 g/mol. The van der Waals surface area contributed by atoms with Crippen molar-refractivity contribution in [2.45, 2.75) is 6.10 Å². The molecule has 0 spiro atoms. The van der Waals surface area contributed by atoms with E-state index < -0.39 is 0 Å². The van der Waals surface area contributed by atoms with Gasteiger partial charge in [0, 0.05) is 23.2 Å². The number of aromatic nitrogens is 1. The van der Waals surface area contributed by atoms with Crippen molar-refractivity contribution in [3.8, 4) is 5.75 Å². The largest absolute Gasteiger partial charge is 0.490 e. The summed E-state index contributed by atoms with van der Waals surface area (Å²) in [5, 5.41) is 2.21. The van der Waals surface area contributed by atoms with E-state index in [2.05, 4.69) is 4.98 Å². The maximum atomic E-state index is 5.69. The first kappa shape index (κ1) is 8.68. The van der Waals surface area contributed by atoms with E-state index in [1.807, 2.05) is 30.5 Å². The Kier molecular flexibility index (Phi) is 2.03. The number of fused-ring (bicyclic) bond motifs is 1. The van der Waals surface area contributed by atoms with E-state index in [0.717, 1.165) is 23.1 Å². The van der Waals surface area contributed by atoms with E-state index in [-0.39, 0.29) is 0 Å². The molecule has 1 aromatic carbocycles. The maximum absolute atomic E-state index is 5.69. The van der Waals surface area contributed by atoms with Crippen molar-refractivity contribution in [2.75, 3.05) is 13.2 Å². The molecular weight excluding hydrogens is 190 g/mol. The molecule has 0 N–H and O–H groups in total. The number of hydrogen-bond donors (Lipinski definition) is 0. The molecule has 2 aromatic rings. The summed E-state index contributed by atoms with van der Waals surface area (Å²) in [7, 11) is 0. The van der Waals surface area contributed by atoms with E-state index >= 15 is 0 Å². The van der Waals surface area contributed by atoms with Gasteiger partial charge < -0.3 is 9.47 Å². The molecule has 76 valence electrons. The van der Waals surface area contributed by atoms with E-state index in [1.54, 1.807) is 6.20 Å². The van der Waals surface area contributed by atoms with Crippen LogP contribution in [0.2, 0.25) is 0 Å². The van der Waals surface area contributed by atoms with Crippen LogP contribution in [0.25, 0.3) is 10.8 Å². The second-order valence-electron chi connectivity index (χ2n) is 3.62. The molecule has 0 saturated carbocycles. The molecule has 0 bridgehead atoms. The summed E-state index contributed by atoms with van der Waals surface area (Å²) >= 11 is 0. The Hall–Kier alpha value is -1.61. The SMILES string of the molecule is c1cc(OCC2CO2)c2ccncc2c1. The number of pyridine rings is 1. The van der Waals surface area contributed by atoms with Crippen LogP contribution in [0.4, 0.5) is 0 Å². The molecule has 2 heterocycles. The van der Waals surface area contributed by atoms with E-state index in [0.29, 0.717) is 12.7 Å². The quantitative estimate of drug-likeness (QED) is 0.712. The fourth-order valence-corrected chi connectivity index (χ4v) is 1.57. The number of hydrogen-bond acceptors (Lipinski definition) is 3. The molecule has 0 amide bonds. The van der Waals surface area contributed by atoms with Gasteiger partial charge in [-0.2, -0.15) is 0 Å². The molecule has 0 radical (unpaired) electrons. The lowest BCUT2D eigenvalue weighted by Gasteiger charge is -2.07. The predicted molar refractivity (Wildman–Crippen MR) is 57.0 cm³/mol. The maximum Gasteiger partial charge on any atom is 0.127 e. The van der Waals surface area contributed by atoms with Crippen LogP contribution in [0.1, 0.15) is 0 Å². The molecule has 15 heavy (non-hydrogen) atoms. The number of ether oxygens (including phenoxy) is 2. The molecule has 3 heteroatoms. The fourth-order valence-electron chi connectivity index (χ4n) is 1.57. The van der Waals surface area contributed by atoms with Crippen LogP contribution in [0.3, 0.4) is 0 Å². The van der Waals surface area contributed by atoms with Gasteiger partial charge in [0.05, 0.1) is 6.61 Å². The third kappa shape index (κ3) is 1.78. The zero-order valence-corrected chi connectivity index (χ0v) is 8.22. The van der Waals surface area contributed by atoms with E-state index in [4.69, 9.17) is 9.47 Å². The highest BCUT2D eigenvalue weighted by atomic mass is 16.6. The summed E-state index contributed by atoms with van der Waals surface area (Å²) in [6.45, 7) is 1.47. The molecule has 3 nitrogen and oxygen atoms in total. The zero-order chi connectivity index (χ0) is 10.1. The van der Waals surface area contributed by atoms with Gasteiger partial charge in [-0.3, -0.25) is 4.98 Å². The van der Waals surface area contributed by atoms with Gasteiger partial charge in [-0.25, -0.2) is 0 Å². The van der Waals surface area contributed by atoms with Crippen molar-refractivity contribution in [3.63, 3.8) is 0 Å². The lowest BCUT2D eigenvalue weighted by Crippen LogP contribution is -2.04. The number of rotatable bonds is 3. The van der Waals surface area contributed by atoms with Gasteiger partial charge in [0.2, 0.25) is 0 Å². The topological polar surface area (TPSA) is 34.6 Å². The number of benzene rings is 1. The van der Waals surface area contributed by atoms with Crippen molar-refractivity contribution >= 4 is 10.8 Å². The van der Waals surface area contributed by atoms with Crippen LogP contribution in [-0.2, 0) is 4.74 Å². The van der Waals surface area contributed by atoms with Crippen LogP contribution in [0.5, 0.6) is 5.75 Å². The van der Waals surface area contributed by atoms with Gasteiger partial charge >= 0.3 is 0 Å². The lowest BCUT2D eigenvalue weighted by molar-refractivity contribution is 0.265. The summed E-state index contributed by atoms with van der Waals surface area (Å²) in [5.41, 5.74) is 0. The van der Waals surface area contributed by atoms with Crippen LogP contribution >= 0.6 is 0 Å². The second-order valence-corrected chi connectivity index (χ2v) is 3.62. The Morgan fingerprint density at radius 3 is 3.20 bits per heavy atom. The van der Waals surface area contributed by atoms with Crippen LogP contribution in [0.15, 0.2) is 36.7 Å². The first-order valence-corrected chi connectivity index (χ1v) is 5.00. The molecule has 3 rings (SSSR count). The average Bonchev–Trinajstić information content (AvgIpc) is 3.10. The Balaban J connectivity index is 1.93. The highest BCUT2D eigenvalue weighted by Crippen LogP contribution is 2.25. The van der Waals surface area contributed by atoms with Crippen molar-refractivity contribution in [2.24, 2.45) is 0 Å². The lowest BCUT2D eigenvalue weighted by atomic mass is 10.1. The molecule has 1 unspecified atom stereocenters. The van der Waals surface area contributed by atoms with Gasteiger partial charge in [0.25, 0.3) is 0 Å². The van der Waals surface area contributed by atoms with Crippen molar-refractivity contribution in [1.29, 1.82) is 0 Å². The molecule has 1 saturated heterocycles. The minimum Gasteiger partial charge on any atom is -0.490 e. The smallest absolute Gasteiger partial charge is 0.127 e. The molecule has 0 aliphatic carbocycles. The van der Waals surface area contributed by atoms with Gasteiger partial charge in [-0.1, -0.05) is 12.1 Å². The van der Waals surface area contributed by atoms with Crippen LogP contribution < -0.4 is 4.74 Å². The van der Waals surface area contributed by atoms with Gasteiger partial charge in [0.1, 0.15) is 18.5 Å². The zero-order valence-electron chi connectivity index (χ0n) is 8.22. The summed E-state index contributed by atoms with van der Waals surface area (Å²) in [5.74, 6) is 0.908. The predicted octanol–water partition coefficient (Wildman–Crippen LogP) is 2.01. The van der Waals surface area contributed by atoms with Gasteiger partial charge in [0.15, 0.2) is 0 Å². The van der Waals surface area contributed by atoms with Crippen molar-refractivity contribution in [3.05, 3.63) is 36.7 Å². The summed E-state index contributed by atoms with van der Waals surface area (Å²) in [6, 6.07) is 7.96. The van der Waals surface area contributed by atoms with Crippen molar-refractivity contribution in [1.82, 2.24) is 4.98 Å². The van der Waals surface area contributed by atoms with E-state index in [9.17, 15) is 0 Å². The molecule has 1 aromatic heterocycles. The highest BCUT2D eigenvalue weighted by molar-refractivity contribution is 5.87. The molecular formula is C12H11NO2. The fraction of sp³-hybridized carbons (Fsp3) is 0.250. The second kappa shape index (κ2) is 3.51. The highest BCUT2D eigenvalue weighted by Gasteiger charge is 2.23. The third-order valence-electron chi connectivity index (χ3n) is 2.47. The van der Waals surface area contributed by atoms with Gasteiger partial charge in [-0.15, -0.1) is 0 Å². The first-order chi connectivity index (χ1) is 7.43. The Morgan fingerprint density at radius 2 is 2.33 bits per heavy atom. The first-order valence-electron chi connectivity index (χ1n) is 5.00. The van der Waals surface area contributed by atoms with Crippen molar-refractivity contribution < 1.29 is 9.47 Å². The Morgan fingerprint density at radius 1 is 1.40 bits per heavy atom. The standard InChI is InChI=1S/C12H11NO2/c1-2-9-6-13-5-4-11(9)12(3-1)15-8-10-7-14-10/h1-6,10H,7-8H2. The third-order valence-corrected chi connectivity index (χ3v) is 2.47. The molecule has 1 atom stereocenters. The number of nitrogens with zero attached hydrogens (tertiary/aromatic N) is 1. The molecule has 1 aliphatic rings. The Bertz CT molecular complexity index is 475. The summed E-state index contributed by atoms with van der Waals surface area (Å²) in [4.78, 5) is 4.08. The molecule has 1 aliphatic heterocycles. The molecule has 1 fully saturated rings. The normalized spacial score (nSPS) is 19.1. The van der Waals surface area contributed by atoms with Gasteiger partial charge in [-0.05, 0) is 12.1 Å². The van der Waals surface area contributed by atoms with Crippen LogP contribution in [0, 0.1) is 0 Å².